The van der Waals surface area contributed by atoms with Crippen molar-refractivity contribution in [2.24, 2.45) is 0 Å². The average molecular weight is 206 g/mol. The highest BCUT2D eigenvalue weighted by Crippen LogP contribution is 2.47. The fourth-order valence-corrected chi connectivity index (χ4v) is 4.00. The molecule has 1 spiro atoms. The third-order valence-corrected chi connectivity index (χ3v) is 5.29. The molecule has 0 radical (unpaired) electrons. The van der Waals surface area contributed by atoms with Gasteiger partial charge in [-0.05, 0) is 13.8 Å². The Morgan fingerprint density at radius 1 is 1.17 bits per heavy atom. The molecule has 0 bridgehead atoms. The van der Waals surface area contributed by atoms with Gasteiger partial charge in [0, 0.05) is 11.5 Å². The SMILES string of the molecule is CC1CSC2(CO1)OC(C)CS2. The molecule has 2 nitrogen and oxygen atoms in total. The van der Waals surface area contributed by atoms with Gasteiger partial charge in [0.2, 0.25) is 0 Å². The van der Waals surface area contributed by atoms with Gasteiger partial charge in [-0.25, -0.2) is 0 Å². The summed E-state index contributed by atoms with van der Waals surface area (Å²) in [5.41, 5.74) is 0. The molecule has 2 heterocycles. The van der Waals surface area contributed by atoms with Crippen molar-refractivity contribution in [3.63, 3.8) is 0 Å². The van der Waals surface area contributed by atoms with Crippen LogP contribution in [0.1, 0.15) is 13.8 Å². The summed E-state index contributed by atoms with van der Waals surface area (Å²) in [6, 6.07) is 0. The fourth-order valence-electron chi connectivity index (χ4n) is 1.35. The summed E-state index contributed by atoms with van der Waals surface area (Å²) >= 11 is 3.79. The Morgan fingerprint density at radius 2 is 1.83 bits per heavy atom. The van der Waals surface area contributed by atoms with E-state index in [1.807, 2.05) is 23.5 Å². The maximum absolute atomic E-state index is 5.84. The van der Waals surface area contributed by atoms with E-state index in [9.17, 15) is 0 Å². The molecule has 0 aromatic carbocycles. The van der Waals surface area contributed by atoms with Gasteiger partial charge in [-0.1, -0.05) is 0 Å². The molecule has 3 unspecified atom stereocenters. The highest BCUT2D eigenvalue weighted by atomic mass is 32.2. The minimum atomic E-state index is -0.0636. The second-order valence-corrected chi connectivity index (χ2v) is 6.18. The van der Waals surface area contributed by atoms with E-state index >= 15 is 0 Å². The maximum Gasteiger partial charge on any atom is 0.184 e. The first-order valence-electron chi connectivity index (χ1n) is 4.27. The van der Waals surface area contributed by atoms with Gasteiger partial charge >= 0.3 is 0 Å². The predicted molar refractivity (Wildman–Crippen MR) is 53.6 cm³/mol. The summed E-state index contributed by atoms with van der Waals surface area (Å²) in [5.74, 6) is 2.16. The maximum atomic E-state index is 5.84. The molecule has 0 saturated carbocycles. The third kappa shape index (κ3) is 1.76. The highest BCUT2D eigenvalue weighted by Gasteiger charge is 2.43. The van der Waals surface area contributed by atoms with Crippen molar-refractivity contribution in [1.82, 2.24) is 0 Å². The van der Waals surface area contributed by atoms with E-state index in [0.717, 1.165) is 18.1 Å². The number of hydrogen-bond acceptors (Lipinski definition) is 4. The summed E-state index contributed by atoms with van der Waals surface area (Å²) in [6.45, 7) is 4.98. The first kappa shape index (κ1) is 9.19. The lowest BCUT2D eigenvalue weighted by Crippen LogP contribution is -2.36. The lowest BCUT2D eigenvalue weighted by molar-refractivity contribution is -0.0307. The molecule has 2 aliphatic heterocycles. The Kier molecular flexibility index (Phi) is 2.61. The van der Waals surface area contributed by atoms with Crippen LogP contribution >= 0.6 is 23.5 Å². The summed E-state index contributed by atoms with van der Waals surface area (Å²) in [4.78, 5) is 0. The van der Waals surface area contributed by atoms with Crippen LogP contribution in [0.15, 0.2) is 0 Å². The van der Waals surface area contributed by atoms with Crippen molar-refractivity contribution >= 4 is 23.5 Å². The van der Waals surface area contributed by atoms with Gasteiger partial charge < -0.3 is 9.47 Å². The van der Waals surface area contributed by atoms with Crippen LogP contribution in [0, 0.1) is 0 Å². The van der Waals surface area contributed by atoms with Crippen LogP contribution in [0.3, 0.4) is 0 Å². The highest BCUT2D eigenvalue weighted by molar-refractivity contribution is 8.18. The van der Waals surface area contributed by atoms with E-state index < -0.39 is 0 Å². The lowest BCUT2D eigenvalue weighted by atomic mass is 10.4. The van der Waals surface area contributed by atoms with Gasteiger partial charge in [0.25, 0.3) is 0 Å². The van der Waals surface area contributed by atoms with Gasteiger partial charge in [0.1, 0.15) is 0 Å². The summed E-state index contributed by atoms with van der Waals surface area (Å²) < 4.78 is 11.4. The molecule has 0 aliphatic carbocycles. The van der Waals surface area contributed by atoms with Gasteiger partial charge in [0.15, 0.2) is 4.27 Å². The average Bonchev–Trinajstić information content (AvgIpc) is 2.40. The van der Waals surface area contributed by atoms with Gasteiger partial charge in [0.05, 0.1) is 18.8 Å². The first-order chi connectivity index (χ1) is 5.70. The zero-order chi connectivity index (χ0) is 8.60. The van der Waals surface area contributed by atoms with E-state index in [1.54, 1.807) is 0 Å². The van der Waals surface area contributed by atoms with Crippen LogP contribution in [0.2, 0.25) is 0 Å². The van der Waals surface area contributed by atoms with Crippen LogP contribution in [-0.2, 0) is 9.47 Å². The molecular weight excluding hydrogens is 192 g/mol. The summed E-state index contributed by atoms with van der Waals surface area (Å²) in [7, 11) is 0. The van der Waals surface area contributed by atoms with Crippen LogP contribution in [-0.4, -0.2) is 34.6 Å². The fraction of sp³-hybridized carbons (Fsp3) is 1.00. The number of ether oxygens (including phenoxy) is 2. The zero-order valence-corrected chi connectivity index (χ0v) is 9.04. The second-order valence-electron chi connectivity index (χ2n) is 3.36. The van der Waals surface area contributed by atoms with Crippen LogP contribution in [0.25, 0.3) is 0 Å². The molecule has 2 saturated heterocycles. The monoisotopic (exact) mass is 206 g/mol. The minimum Gasteiger partial charge on any atom is -0.373 e. The van der Waals surface area contributed by atoms with Crippen LogP contribution < -0.4 is 0 Å². The topological polar surface area (TPSA) is 18.5 Å². The van der Waals surface area contributed by atoms with Crippen molar-refractivity contribution in [1.29, 1.82) is 0 Å². The summed E-state index contributed by atoms with van der Waals surface area (Å²) in [6.07, 6.45) is 0.778. The van der Waals surface area contributed by atoms with Crippen LogP contribution in [0.4, 0.5) is 0 Å². The van der Waals surface area contributed by atoms with Gasteiger partial charge in [-0.15, -0.1) is 23.5 Å². The molecule has 0 aromatic heterocycles. The van der Waals surface area contributed by atoms with Crippen molar-refractivity contribution < 1.29 is 9.47 Å². The Bertz CT molecular complexity index is 166. The molecule has 4 heteroatoms. The van der Waals surface area contributed by atoms with E-state index in [-0.39, 0.29) is 4.27 Å². The van der Waals surface area contributed by atoms with Crippen molar-refractivity contribution in [2.45, 2.75) is 30.3 Å². The van der Waals surface area contributed by atoms with Gasteiger partial charge in [-0.2, -0.15) is 0 Å². The second kappa shape index (κ2) is 3.40. The Balaban J connectivity index is 1.95. The largest absolute Gasteiger partial charge is 0.373 e. The molecular formula is C8H14O2S2. The van der Waals surface area contributed by atoms with E-state index in [0.29, 0.717) is 12.2 Å². The molecule has 2 fully saturated rings. The lowest BCUT2D eigenvalue weighted by Gasteiger charge is -2.34. The van der Waals surface area contributed by atoms with E-state index in [4.69, 9.17) is 9.47 Å². The van der Waals surface area contributed by atoms with Crippen molar-refractivity contribution in [3.05, 3.63) is 0 Å². The van der Waals surface area contributed by atoms with E-state index in [1.165, 1.54) is 0 Å². The first-order valence-corrected chi connectivity index (χ1v) is 6.25. The molecule has 0 N–H and O–H groups in total. The summed E-state index contributed by atoms with van der Waals surface area (Å²) in [5, 5.41) is 0. The Labute approximate surface area is 81.8 Å². The molecule has 2 rings (SSSR count). The zero-order valence-electron chi connectivity index (χ0n) is 7.41. The van der Waals surface area contributed by atoms with Crippen molar-refractivity contribution in [2.75, 3.05) is 18.1 Å². The molecule has 2 aliphatic rings. The van der Waals surface area contributed by atoms with Gasteiger partial charge in [-0.3, -0.25) is 0 Å². The predicted octanol–water partition coefficient (Wildman–Crippen LogP) is 1.94. The molecule has 0 amide bonds. The smallest absolute Gasteiger partial charge is 0.184 e. The molecule has 12 heavy (non-hydrogen) atoms. The molecule has 70 valence electrons. The third-order valence-electron chi connectivity index (χ3n) is 2.00. The standard InChI is InChI=1S/C8H14O2S2/c1-6-3-11-8(5-9-6)10-7(2)4-12-8/h6-7H,3-5H2,1-2H3. The molecule has 3 atom stereocenters. The van der Waals surface area contributed by atoms with Crippen molar-refractivity contribution in [3.8, 4) is 0 Å². The number of hydrogen-bond donors (Lipinski definition) is 0. The number of thioether (sulfide) groups is 2. The molecule has 0 aromatic rings. The quantitative estimate of drug-likeness (QED) is 0.603. The van der Waals surface area contributed by atoms with Crippen LogP contribution in [0.5, 0.6) is 0 Å². The normalized spacial score (nSPS) is 48.5. The Hall–Kier alpha value is 0.620. The van der Waals surface area contributed by atoms with E-state index in [2.05, 4.69) is 13.8 Å². The minimum absolute atomic E-state index is 0.0636. The Morgan fingerprint density at radius 3 is 2.33 bits per heavy atom. The number of rotatable bonds is 0.